The Bertz CT molecular complexity index is 1620. The van der Waals surface area contributed by atoms with Crippen molar-refractivity contribution in [3.63, 3.8) is 0 Å². The summed E-state index contributed by atoms with van der Waals surface area (Å²) in [5.74, 6) is 0.620. The summed E-state index contributed by atoms with van der Waals surface area (Å²) in [5, 5.41) is 8.46. The van der Waals surface area contributed by atoms with Gasteiger partial charge < -0.3 is 9.72 Å². The van der Waals surface area contributed by atoms with Crippen LogP contribution in [0.2, 0.25) is 0 Å². The summed E-state index contributed by atoms with van der Waals surface area (Å²) in [7, 11) is 1.51. The van der Waals surface area contributed by atoms with Gasteiger partial charge in [0.15, 0.2) is 11.5 Å². The summed E-state index contributed by atoms with van der Waals surface area (Å²) in [6.07, 6.45) is 3.43. The Morgan fingerprint density at radius 3 is 2.70 bits per heavy atom. The molecule has 160 valence electrons. The smallest absolute Gasteiger partial charge is 0.160 e. The maximum atomic E-state index is 14.1. The molecule has 0 atom stereocenters. The van der Waals surface area contributed by atoms with Gasteiger partial charge in [0, 0.05) is 35.0 Å². The van der Waals surface area contributed by atoms with E-state index >= 15 is 0 Å². The first-order valence-corrected chi connectivity index (χ1v) is 10.3. The molecule has 0 saturated heterocycles. The number of rotatable bonds is 4. The number of halogens is 1. The van der Waals surface area contributed by atoms with Gasteiger partial charge in [0.25, 0.3) is 0 Å². The first-order valence-electron chi connectivity index (χ1n) is 10.3. The van der Waals surface area contributed by atoms with Crippen LogP contribution < -0.4 is 4.74 Å². The summed E-state index contributed by atoms with van der Waals surface area (Å²) in [6.45, 7) is 0. The van der Waals surface area contributed by atoms with Crippen LogP contribution in [0.5, 0.6) is 5.75 Å². The van der Waals surface area contributed by atoms with Gasteiger partial charge in [0.1, 0.15) is 22.8 Å². The molecule has 0 bridgehead atoms. The molecule has 0 amide bonds. The van der Waals surface area contributed by atoms with Gasteiger partial charge in [-0.3, -0.25) is 10.1 Å². The molecule has 0 unspecified atom stereocenters. The maximum Gasteiger partial charge on any atom is 0.160 e. The Labute approximate surface area is 187 Å². The molecule has 6 aromatic rings. The van der Waals surface area contributed by atoms with Crippen LogP contribution in [-0.4, -0.2) is 37.2 Å². The number of nitrogens with one attached hydrogen (secondary N) is 2. The average Bonchev–Trinajstić information content (AvgIpc) is 3.47. The number of aromatic nitrogens is 6. The zero-order valence-electron chi connectivity index (χ0n) is 17.5. The first-order chi connectivity index (χ1) is 16.2. The van der Waals surface area contributed by atoms with E-state index in [4.69, 9.17) is 9.72 Å². The number of aromatic amines is 2. The van der Waals surface area contributed by atoms with Crippen molar-refractivity contribution in [1.82, 2.24) is 30.1 Å². The second kappa shape index (κ2) is 7.52. The molecule has 0 radical (unpaired) electrons. The predicted octanol–water partition coefficient (Wildman–Crippen LogP) is 5.38. The Morgan fingerprint density at radius 1 is 0.909 bits per heavy atom. The zero-order chi connectivity index (χ0) is 22.4. The lowest BCUT2D eigenvalue weighted by Gasteiger charge is -2.06. The summed E-state index contributed by atoms with van der Waals surface area (Å²) < 4.78 is 19.4. The van der Waals surface area contributed by atoms with Gasteiger partial charge in [-0.25, -0.2) is 14.4 Å². The molecule has 8 heteroatoms. The van der Waals surface area contributed by atoms with Gasteiger partial charge in [-0.1, -0.05) is 12.1 Å². The number of pyridine rings is 2. The van der Waals surface area contributed by atoms with Crippen molar-refractivity contribution in [2.24, 2.45) is 0 Å². The topological polar surface area (TPSA) is 92.4 Å². The van der Waals surface area contributed by atoms with Crippen LogP contribution in [0, 0.1) is 5.82 Å². The SMILES string of the molecule is COc1cc(F)cc(-c2ccnc3[nH]c(-c4n[nH]c5ccc(-c6ccccn6)cc45)nc23)c1. The van der Waals surface area contributed by atoms with Crippen molar-refractivity contribution in [3.8, 4) is 39.7 Å². The van der Waals surface area contributed by atoms with Crippen LogP contribution in [0.1, 0.15) is 0 Å². The fourth-order valence-corrected chi connectivity index (χ4v) is 3.98. The summed E-state index contributed by atoms with van der Waals surface area (Å²) >= 11 is 0. The normalized spacial score (nSPS) is 11.3. The number of hydrogen-bond acceptors (Lipinski definition) is 5. The van der Waals surface area contributed by atoms with E-state index < -0.39 is 0 Å². The van der Waals surface area contributed by atoms with Gasteiger partial charge in [-0.05, 0) is 48.0 Å². The molecule has 4 heterocycles. The van der Waals surface area contributed by atoms with Gasteiger partial charge in [0.05, 0.1) is 18.3 Å². The second-order valence-electron chi connectivity index (χ2n) is 7.57. The molecule has 0 saturated carbocycles. The Balaban J connectivity index is 1.50. The monoisotopic (exact) mass is 436 g/mol. The number of imidazole rings is 1. The fraction of sp³-hybridized carbons (Fsp3) is 0.0400. The minimum atomic E-state index is -0.384. The van der Waals surface area contributed by atoms with Crippen LogP contribution in [0.3, 0.4) is 0 Å². The van der Waals surface area contributed by atoms with Crippen LogP contribution in [0.4, 0.5) is 4.39 Å². The highest BCUT2D eigenvalue weighted by Gasteiger charge is 2.17. The third-order valence-corrected chi connectivity index (χ3v) is 5.55. The summed E-state index contributed by atoms with van der Waals surface area (Å²) in [4.78, 5) is 16.9. The number of methoxy groups -OCH3 is 1. The quantitative estimate of drug-likeness (QED) is 0.387. The molecule has 0 aliphatic heterocycles. The van der Waals surface area contributed by atoms with Crippen LogP contribution in [-0.2, 0) is 0 Å². The molecule has 7 nitrogen and oxygen atoms in total. The number of nitrogens with zero attached hydrogens (tertiary/aromatic N) is 4. The lowest BCUT2D eigenvalue weighted by Crippen LogP contribution is -1.88. The molecule has 0 aliphatic rings. The molecular weight excluding hydrogens is 419 g/mol. The molecule has 0 spiro atoms. The van der Waals surface area contributed by atoms with E-state index in [1.165, 1.54) is 19.2 Å². The van der Waals surface area contributed by atoms with Gasteiger partial charge in [-0.2, -0.15) is 5.10 Å². The van der Waals surface area contributed by atoms with Crippen LogP contribution in [0.25, 0.3) is 56.0 Å². The Kier molecular flexibility index (Phi) is 4.36. The molecule has 33 heavy (non-hydrogen) atoms. The van der Waals surface area contributed by atoms with E-state index in [-0.39, 0.29) is 5.82 Å². The summed E-state index contributed by atoms with van der Waals surface area (Å²) in [6, 6.07) is 18.2. The van der Waals surface area contributed by atoms with Crippen LogP contribution in [0.15, 0.2) is 73.1 Å². The van der Waals surface area contributed by atoms with Crippen molar-refractivity contribution in [1.29, 1.82) is 0 Å². The molecule has 2 N–H and O–H groups in total. The highest BCUT2D eigenvalue weighted by Crippen LogP contribution is 2.33. The van der Waals surface area contributed by atoms with Crippen molar-refractivity contribution < 1.29 is 9.13 Å². The Hall–Kier alpha value is -4.59. The average molecular weight is 436 g/mol. The number of ether oxygens (including phenoxy) is 1. The predicted molar refractivity (Wildman–Crippen MR) is 124 cm³/mol. The highest BCUT2D eigenvalue weighted by atomic mass is 19.1. The molecule has 6 rings (SSSR count). The maximum absolute atomic E-state index is 14.1. The number of benzene rings is 2. The van der Waals surface area contributed by atoms with E-state index in [1.54, 1.807) is 18.5 Å². The van der Waals surface area contributed by atoms with Crippen molar-refractivity contribution in [2.45, 2.75) is 0 Å². The standard InChI is InChI=1S/C25H17FN6O/c1-33-17-11-15(10-16(26)13-17)18-7-9-28-24-22(18)29-25(30-24)23-19-12-14(5-6-21(19)31-32-23)20-4-2-3-8-27-20/h2-13H,1H3,(H,31,32)(H,28,29,30). The van der Waals surface area contributed by atoms with Crippen molar-refractivity contribution >= 4 is 22.1 Å². The lowest BCUT2D eigenvalue weighted by molar-refractivity contribution is 0.411. The molecule has 0 aliphatic carbocycles. The van der Waals surface area contributed by atoms with Gasteiger partial charge in [-0.15, -0.1) is 0 Å². The second-order valence-corrected chi connectivity index (χ2v) is 7.57. The number of fused-ring (bicyclic) bond motifs is 2. The number of H-pyrrole nitrogens is 2. The van der Waals surface area contributed by atoms with Gasteiger partial charge >= 0.3 is 0 Å². The van der Waals surface area contributed by atoms with E-state index in [9.17, 15) is 4.39 Å². The molecule has 4 aromatic heterocycles. The van der Waals surface area contributed by atoms with E-state index in [0.717, 1.165) is 27.7 Å². The zero-order valence-corrected chi connectivity index (χ0v) is 17.5. The van der Waals surface area contributed by atoms with Crippen molar-refractivity contribution in [3.05, 3.63) is 78.9 Å². The Morgan fingerprint density at radius 2 is 1.85 bits per heavy atom. The van der Waals surface area contributed by atoms with E-state index in [2.05, 4.69) is 25.1 Å². The molecule has 2 aromatic carbocycles. The third-order valence-electron chi connectivity index (χ3n) is 5.55. The number of hydrogen-bond donors (Lipinski definition) is 2. The van der Waals surface area contributed by atoms with Crippen molar-refractivity contribution in [2.75, 3.05) is 7.11 Å². The molecular formula is C25H17FN6O. The highest BCUT2D eigenvalue weighted by molar-refractivity contribution is 5.97. The van der Waals surface area contributed by atoms with E-state index in [0.29, 0.717) is 34.0 Å². The molecule has 0 fully saturated rings. The third kappa shape index (κ3) is 3.28. The summed E-state index contributed by atoms with van der Waals surface area (Å²) in [5.41, 5.74) is 6.01. The largest absolute Gasteiger partial charge is 0.497 e. The van der Waals surface area contributed by atoms with E-state index in [1.807, 2.05) is 42.5 Å². The van der Waals surface area contributed by atoms with Crippen LogP contribution >= 0.6 is 0 Å². The lowest BCUT2D eigenvalue weighted by atomic mass is 10.1. The first kappa shape index (κ1) is 19.1. The fourth-order valence-electron chi connectivity index (χ4n) is 3.98. The minimum absolute atomic E-state index is 0.384. The van der Waals surface area contributed by atoms with Gasteiger partial charge in [0.2, 0.25) is 0 Å². The minimum Gasteiger partial charge on any atom is -0.497 e.